The maximum atomic E-state index is 11.5. The molecule has 2 rings (SSSR count). The Kier molecular flexibility index (Phi) is 4.83. The van der Waals surface area contributed by atoms with Crippen LogP contribution in [0, 0.1) is 6.92 Å². The fourth-order valence-electron chi connectivity index (χ4n) is 2.18. The first-order valence-corrected chi connectivity index (χ1v) is 7.04. The van der Waals surface area contributed by atoms with Crippen LogP contribution >= 0.6 is 11.6 Å². The fourth-order valence-corrected chi connectivity index (χ4v) is 2.29. The number of carbonyl (C=O) groups is 1. The third kappa shape index (κ3) is 4.51. The van der Waals surface area contributed by atoms with Gasteiger partial charge in [-0.1, -0.05) is 23.7 Å². The first-order chi connectivity index (χ1) is 9.08. The van der Waals surface area contributed by atoms with Gasteiger partial charge in [-0.25, -0.2) is 0 Å². The summed E-state index contributed by atoms with van der Waals surface area (Å²) in [4.78, 5) is 11.5. The number of methoxy groups -OCH3 is 1. The predicted molar refractivity (Wildman–Crippen MR) is 76.5 cm³/mol. The van der Waals surface area contributed by atoms with Crippen LogP contribution in [0.5, 0.6) is 0 Å². The second-order valence-electron chi connectivity index (χ2n) is 5.21. The molecule has 1 aromatic rings. The molecule has 0 amide bonds. The van der Waals surface area contributed by atoms with Gasteiger partial charge in [-0.3, -0.25) is 4.79 Å². The number of esters is 1. The number of aryl methyl sites for hydroxylation is 1. The third-order valence-corrected chi connectivity index (χ3v) is 3.82. The van der Waals surface area contributed by atoms with Crippen molar-refractivity contribution in [2.75, 3.05) is 7.11 Å². The zero-order valence-corrected chi connectivity index (χ0v) is 12.2. The van der Waals surface area contributed by atoms with E-state index in [1.165, 1.54) is 25.5 Å². The Morgan fingerprint density at radius 1 is 1.53 bits per heavy atom. The summed E-state index contributed by atoms with van der Waals surface area (Å²) in [6.07, 6.45) is 3.65. The lowest BCUT2D eigenvalue weighted by molar-refractivity contribution is -0.141. The van der Waals surface area contributed by atoms with Gasteiger partial charge >= 0.3 is 5.97 Å². The summed E-state index contributed by atoms with van der Waals surface area (Å²) >= 11 is 6.03. The van der Waals surface area contributed by atoms with Crippen molar-refractivity contribution in [3.8, 4) is 0 Å². The van der Waals surface area contributed by atoms with Crippen molar-refractivity contribution in [3.05, 3.63) is 34.3 Å². The second kappa shape index (κ2) is 6.40. The number of rotatable bonds is 6. The Labute approximate surface area is 119 Å². The van der Waals surface area contributed by atoms with Crippen molar-refractivity contribution < 1.29 is 9.53 Å². The highest BCUT2D eigenvalue weighted by atomic mass is 35.5. The zero-order valence-electron chi connectivity index (χ0n) is 11.4. The average Bonchev–Trinajstić information content (AvgIpc) is 3.17. The van der Waals surface area contributed by atoms with Gasteiger partial charge in [0, 0.05) is 17.1 Å². The largest absolute Gasteiger partial charge is 0.469 e. The number of halogens is 1. The van der Waals surface area contributed by atoms with E-state index in [1.807, 2.05) is 19.1 Å². The van der Waals surface area contributed by atoms with E-state index >= 15 is 0 Å². The minimum absolute atomic E-state index is 0.139. The molecule has 0 radical (unpaired) electrons. The van der Waals surface area contributed by atoms with Crippen molar-refractivity contribution in [2.45, 2.75) is 44.7 Å². The Balaban J connectivity index is 2.00. The Hall–Kier alpha value is -1.06. The lowest BCUT2D eigenvalue weighted by atomic mass is 10.0. The normalized spacial score (nSPS) is 16.2. The van der Waals surface area contributed by atoms with Crippen LogP contribution in [0.15, 0.2) is 18.2 Å². The monoisotopic (exact) mass is 281 g/mol. The van der Waals surface area contributed by atoms with Crippen LogP contribution in [-0.4, -0.2) is 25.2 Å². The van der Waals surface area contributed by atoms with Gasteiger partial charge in [-0.15, -0.1) is 0 Å². The molecule has 0 bridgehead atoms. The molecule has 1 fully saturated rings. The molecule has 1 aliphatic rings. The van der Waals surface area contributed by atoms with Gasteiger partial charge in [-0.05, 0) is 43.4 Å². The number of nitrogens with one attached hydrogen (secondary N) is 1. The van der Waals surface area contributed by atoms with E-state index in [2.05, 4.69) is 11.4 Å². The maximum absolute atomic E-state index is 11.5. The standard InChI is InChI=1S/C15H20ClNO2/c1-10-7-11(3-6-14(10)16)8-13(9-15(18)19-2)17-12-4-5-12/h3,6-7,12-13,17H,4-5,8-9H2,1-2H3. The van der Waals surface area contributed by atoms with Gasteiger partial charge in [-0.2, -0.15) is 0 Å². The van der Waals surface area contributed by atoms with E-state index < -0.39 is 0 Å². The SMILES string of the molecule is COC(=O)CC(Cc1ccc(Cl)c(C)c1)NC1CC1. The number of carbonyl (C=O) groups excluding carboxylic acids is 1. The molecular formula is C15H20ClNO2. The summed E-state index contributed by atoms with van der Waals surface area (Å²) in [5, 5.41) is 4.29. The highest BCUT2D eigenvalue weighted by molar-refractivity contribution is 6.31. The van der Waals surface area contributed by atoms with Crippen molar-refractivity contribution in [3.63, 3.8) is 0 Å². The predicted octanol–water partition coefficient (Wildman–Crippen LogP) is 2.87. The Morgan fingerprint density at radius 3 is 2.84 bits per heavy atom. The minimum Gasteiger partial charge on any atom is -0.469 e. The molecule has 4 heteroatoms. The lowest BCUT2D eigenvalue weighted by Gasteiger charge is -2.18. The molecule has 3 nitrogen and oxygen atoms in total. The number of ether oxygens (including phenoxy) is 1. The van der Waals surface area contributed by atoms with Gasteiger partial charge in [0.2, 0.25) is 0 Å². The van der Waals surface area contributed by atoms with E-state index in [0.29, 0.717) is 12.5 Å². The molecular weight excluding hydrogens is 262 g/mol. The first-order valence-electron chi connectivity index (χ1n) is 6.66. The van der Waals surface area contributed by atoms with Gasteiger partial charge < -0.3 is 10.1 Å². The molecule has 1 aromatic carbocycles. The average molecular weight is 282 g/mol. The topological polar surface area (TPSA) is 38.3 Å². The smallest absolute Gasteiger partial charge is 0.307 e. The van der Waals surface area contributed by atoms with Gasteiger partial charge in [0.1, 0.15) is 0 Å². The van der Waals surface area contributed by atoms with Crippen LogP contribution in [0.4, 0.5) is 0 Å². The van der Waals surface area contributed by atoms with Crippen molar-refractivity contribution >= 4 is 17.6 Å². The van der Waals surface area contributed by atoms with Crippen molar-refractivity contribution in [1.82, 2.24) is 5.32 Å². The molecule has 1 saturated carbocycles. The number of hydrogen-bond donors (Lipinski definition) is 1. The highest BCUT2D eigenvalue weighted by Gasteiger charge is 2.26. The quantitative estimate of drug-likeness (QED) is 0.815. The number of hydrogen-bond acceptors (Lipinski definition) is 3. The maximum Gasteiger partial charge on any atom is 0.307 e. The molecule has 0 aromatic heterocycles. The summed E-state index contributed by atoms with van der Waals surface area (Å²) in [5.74, 6) is -0.163. The van der Waals surface area contributed by atoms with E-state index in [4.69, 9.17) is 16.3 Å². The Bertz CT molecular complexity index is 457. The summed E-state index contributed by atoms with van der Waals surface area (Å²) in [6.45, 7) is 2.00. The molecule has 1 atom stereocenters. The lowest BCUT2D eigenvalue weighted by Crippen LogP contribution is -2.35. The van der Waals surface area contributed by atoms with Crippen LogP contribution < -0.4 is 5.32 Å². The fraction of sp³-hybridized carbons (Fsp3) is 0.533. The van der Waals surface area contributed by atoms with Crippen molar-refractivity contribution in [1.29, 1.82) is 0 Å². The molecule has 1 N–H and O–H groups in total. The van der Waals surface area contributed by atoms with E-state index in [9.17, 15) is 4.79 Å². The van der Waals surface area contributed by atoms with Crippen LogP contribution in [0.25, 0.3) is 0 Å². The summed E-state index contributed by atoms with van der Waals surface area (Å²) in [5.41, 5.74) is 2.27. The first kappa shape index (κ1) is 14.4. The molecule has 0 spiro atoms. The Morgan fingerprint density at radius 2 is 2.26 bits per heavy atom. The molecule has 19 heavy (non-hydrogen) atoms. The van der Waals surface area contributed by atoms with E-state index in [-0.39, 0.29) is 12.0 Å². The minimum atomic E-state index is -0.163. The van der Waals surface area contributed by atoms with Gasteiger partial charge in [0.25, 0.3) is 0 Å². The van der Waals surface area contributed by atoms with Gasteiger partial charge in [0.05, 0.1) is 13.5 Å². The number of benzene rings is 1. The van der Waals surface area contributed by atoms with E-state index in [0.717, 1.165) is 17.0 Å². The molecule has 1 unspecified atom stereocenters. The van der Waals surface area contributed by atoms with Crippen LogP contribution in [-0.2, 0) is 16.0 Å². The second-order valence-corrected chi connectivity index (χ2v) is 5.61. The van der Waals surface area contributed by atoms with E-state index in [1.54, 1.807) is 0 Å². The molecule has 0 aliphatic heterocycles. The van der Waals surface area contributed by atoms with Crippen LogP contribution in [0.3, 0.4) is 0 Å². The molecule has 1 aliphatic carbocycles. The van der Waals surface area contributed by atoms with Crippen LogP contribution in [0.1, 0.15) is 30.4 Å². The summed E-state index contributed by atoms with van der Waals surface area (Å²) in [6, 6.07) is 6.73. The molecule has 0 heterocycles. The third-order valence-electron chi connectivity index (χ3n) is 3.39. The van der Waals surface area contributed by atoms with Crippen molar-refractivity contribution in [2.24, 2.45) is 0 Å². The highest BCUT2D eigenvalue weighted by Crippen LogP contribution is 2.22. The molecule has 104 valence electrons. The zero-order chi connectivity index (χ0) is 13.8. The van der Waals surface area contributed by atoms with Gasteiger partial charge in [0.15, 0.2) is 0 Å². The summed E-state index contributed by atoms with van der Waals surface area (Å²) in [7, 11) is 1.43. The molecule has 0 saturated heterocycles. The summed E-state index contributed by atoms with van der Waals surface area (Å²) < 4.78 is 4.76. The van der Waals surface area contributed by atoms with Crippen LogP contribution in [0.2, 0.25) is 5.02 Å².